The number of likely N-dealkylation sites (tertiary alicyclic amines) is 2. The van der Waals surface area contributed by atoms with Crippen LogP contribution in [0.15, 0.2) is 37.0 Å². The first-order valence-corrected chi connectivity index (χ1v) is 25.3. The maximum atomic E-state index is 13.8. The normalized spacial score (nSPS) is 20.0. The van der Waals surface area contributed by atoms with Crippen LogP contribution in [-0.2, 0) is 43.0 Å². The van der Waals surface area contributed by atoms with Crippen molar-refractivity contribution < 1.29 is 48.1 Å². The highest BCUT2D eigenvalue weighted by Gasteiger charge is 2.45. The third-order valence-electron chi connectivity index (χ3n) is 13.7. The van der Waals surface area contributed by atoms with Gasteiger partial charge in [0.1, 0.15) is 6.04 Å². The van der Waals surface area contributed by atoms with Crippen LogP contribution in [0.3, 0.4) is 0 Å². The number of aliphatic hydroxyl groups excluding tert-OH is 1. The first-order valence-electron chi connectivity index (χ1n) is 24.8. The van der Waals surface area contributed by atoms with Crippen LogP contribution >= 0.6 is 12.6 Å². The molecule has 7 amide bonds. The minimum absolute atomic E-state index is 0.0441. The van der Waals surface area contributed by atoms with Crippen molar-refractivity contribution in [3.63, 3.8) is 0 Å². The Bertz CT molecular complexity index is 1770. The number of carbonyl (C=O) groups is 7. The molecule has 17 heteroatoms. The molecule has 2 saturated heterocycles. The Balaban J connectivity index is 0.000000758. The number of methoxy groups -OCH3 is 2. The van der Waals surface area contributed by atoms with Crippen molar-refractivity contribution in [3.05, 3.63) is 37.0 Å². The van der Waals surface area contributed by atoms with Gasteiger partial charge in [-0.05, 0) is 55.9 Å². The lowest BCUT2D eigenvalue weighted by Gasteiger charge is -2.39. The molecule has 2 heterocycles. The molecule has 0 radical (unpaired) electrons. The van der Waals surface area contributed by atoms with Crippen LogP contribution in [0.1, 0.15) is 133 Å². The average Bonchev–Trinajstić information content (AvgIpc) is 3.88. The number of imide groups is 1. The van der Waals surface area contributed by atoms with Gasteiger partial charge in [-0.15, -0.1) is 0 Å². The summed E-state index contributed by atoms with van der Waals surface area (Å²) in [5.74, 6) is -1.89. The highest BCUT2D eigenvalue weighted by Crippen LogP contribution is 2.34. The molecule has 0 aliphatic carbocycles. The van der Waals surface area contributed by atoms with E-state index in [1.807, 2.05) is 46.4 Å². The zero-order valence-electron chi connectivity index (χ0n) is 44.5. The van der Waals surface area contributed by atoms with Crippen molar-refractivity contribution in [1.82, 2.24) is 24.9 Å². The number of likely N-dealkylation sites (N-methyl/N-ethyl adjacent to an activating group) is 2. The number of ether oxygens (including phenoxy) is 2. The predicted molar refractivity (Wildman–Crippen MR) is 275 cm³/mol. The van der Waals surface area contributed by atoms with Gasteiger partial charge in [0.2, 0.25) is 41.4 Å². The van der Waals surface area contributed by atoms with Crippen molar-refractivity contribution in [2.24, 2.45) is 35.3 Å². The summed E-state index contributed by atoms with van der Waals surface area (Å²) in [5.41, 5.74) is 5.94. The minimum atomic E-state index is -0.947. The van der Waals surface area contributed by atoms with Crippen LogP contribution in [0.5, 0.6) is 0 Å². The average molecular weight is 991 g/mol. The number of nitrogens with zero attached hydrogens (tertiary/aromatic N) is 4. The van der Waals surface area contributed by atoms with Gasteiger partial charge in [0.25, 0.3) is 0 Å². The molecule has 2 rings (SSSR count). The van der Waals surface area contributed by atoms with Crippen LogP contribution in [0.25, 0.3) is 0 Å². The second-order valence-corrected chi connectivity index (χ2v) is 21.4. The van der Waals surface area contributed by atoms with Gasteiger partial charge in [0.15, 0.2) is 0 Å². The zero-order valence-corrected chi connectivity index (χ0v) is 45.4. The topological polar surface area (TPSA) is 209 Å². The second kappa shape index (κ2) is 30.0. The Kier molecular flexibility index (Phi) is 27.3. The molecular formula is C52H90N6O10S. The van der Waals surface area contributed by atoms with Crippen LogP contribution in [0.2, 0.25) is 0 Å². The number of hydrogen-bond acceptors (Lipinski definition) is 11. The summed E-state index contributed by atoms with van der Waals surface area (Å²) in [5, 5.41) is 13.6. The van der Waals surface area contributed by atoms with E-state index in [0.29, 0.717) is 57.2 Å². The number of primary amides is 1. The fraction of sp³-hybridized carbons (Fsp3) is 0.750. The summed E-state index contributed by atoms with van der Waals surface area (Å²) in [6.45, 7) is 27.4. The van der Waals surface area contributed by atoms with Crippen LogP contribution in [-0.4, -0.2) is 155 Å². The van der Waals surface area contributed by atoms with Crippen molar-refractivity contribution in [3.8, 4) is 0 Å². The molecule has 69 heavy (non-hydrogen) atoms. The summed E-state index contributed by atoms with van der Waals surface area (Å²) >= 11 is 4.43. The predicted octanol–water partition coefficient (Wildman–Crippen LogP) is 5.72. The van der Waals surface area contributed by atoms with E-state index in [0.717, 1.165) is 12.8 Å². The number of aliphatic hydroxyl groups is 1. The molecule has 0 saturated carbocycles. The number of carbonyl (C=O) groups excluding carboxylic acids is 7. The zero-order chi connectivity index (χ0) is 53.1. The van der Waals surface area contributed by atoms with Gasteiger partial charge in [-0.25, -0.2) is 0 Å². The first-order chi connectivity index (χ1) is 32.2. The molecule has 394 valence electrons. The Morgan fingerprint density at radius 1 is 0.957 bits per heavy atom. The number of nitrogens with one attached hydrogen (secondary N) is 1. The van der Waals surface area contributed by atoms with Crippen molar-refractivity contribution in [2.45, 2.75) is 181 Å². The molecule has 10 unspecified atom stereocenters. The third kappa shape index (κ3) is 18.6. The van der Waals surface area contributed by atoms with Gasteiger partial charge in [-0.2, -0.15) is 12.6 Å². The molecule has 0 aromatic rings. The highest BCUT2D eigenvalue weighted by atomic mass is 32.1. The minimum Gasteiger partial charge on any atom is -0.386 e. The van der Waals surface area contributed by atoms with E-state index in [1.165, 1.54) is 15.9 Å². The van der Waals surface area contributed by atoms with Crippen molar-refractivity contribution in [2.75, 3.05) is 41.4 Å². The molecular weight excluding hydrogens is 901 g/mol. The fourth-order valence-corrected chi connectivity index (χ4v) is 9.66. The Labute approximate surface area is 420 Å². The summed E-state index contributed by atoms with van der Waals surface area (Å²) in [4.78, 5) is 94.6. The van der Waals surface area contributed by atoms with Gasteiger partial charge < -0.3 is 40.3 Å². The number of nitrogens with two attached hydrogens (primary N) is 1. The SMILES string of the molecule is C=C/C=C(\C=C)C(O)C(C)NC(=O)C(C)C(OC)C1CCCN1C(=O)CC(OC)C(C(C)CC)N(C)C(=O)CC(C)C.CC(C)C(C(N)=O)N(C)C(=O)CCCCCN1C(=O)CC(C(C)(C)S)C1=O. The standard InChI is InChI=1S/C33H57N3O6.C19H33N3O4S/c1-12-16-25(14-3)31(39)24(8)34-33(40)23(7)32(42-11)26-17-15-18-36(26)29(38)20-27(41-10)30(22(6)13-2)35(9)28(37)19-21(4)5;1-12(2)16(17(20)25)21(5)14(23)9-7-6-8-10-22-15(24)11-13(18(22)26)19(3,4)27/h12,14,16,21-24,26-27,30-32,39H,1,3,13,15,17-20H2,2,4-11H3,(H,34,40);12-13,16,27H,6-11H2,1-5H3,(H2,20,25)/b25-16+;. The van der Waals surface area contributed by atoms with E-state index in [2.05, 4.69) is 45.0 Å². The number of rotatable bonds is 28. The van der Waals surface area contributed by atoms with Crippen LogP contribution in [0, 0.1) is 29.6 Å². The first kappa shape index (κ1) is 63.0. The van der Waals surface area contributed by atoms with E-state index >= 15 is 0 Å². The quantitative estimate of drug-likeness (QED) is 0.0325. The molecule has 16 nitrogen and oxygen atoms in total. The maximum Gasteiger partial charge on any atom is 0.240 e. The van der Waals surface area contributed by atoms with Crippen LogP contribution < -0.4 is 11.1 Å². The molecule has 0 aromatic heterocycles. The molecule has 2 aliphatic rings. The van der Waals surface area contributed by atoms with Crippen LogP contribution in [0.4, 0.5) is 0 Å². The summed E-state index contributed by atoms with van der Waals surface area (Å²) in [6, 6.07) is -1.72. The number of amides is 7. The van der Waals surface area contributed by atoms with Crippen molar-refractivity contribution in [1.29, 1.82) is 0 Å². The number of thiol groups is 1. The van der Waals surface area contributed by atoms with E-state index in [9.17, 15) is 38.7 Å². The summed E-state index contributed by atoms with van der Waals surface area (Å²) in [6.07, 6.45) is 8.22. The van der Waals surface area contributed by atoms with E-state index in [-0.39, 0.29) is 84.0 Å². The second-order valence-electron chi connectivity index (χ2n) is 20.3. The van der Waals surface area contributed by atoms with Gasteiger partial charge in [-0.1, -0.05) is 107 Å². The third-order valence-corrected chi connectivity index (χ3v) is 14.0. The van der Waals surface area contributed by atoms with E-state index in [1.54, 1.807) is 59.2 Å². The van der Waals surface area contributed by atoms with Gasteiger partial charge in [-0.3, -0.25) is 38.5 Å². The summed E-state index contributed by atoms with van der Waals surface area (Å²) < 4.78 is 11.2. The van der Waals surface area contributed by atoms with Gasteiger partial charge in [0, 0.05) is 65.4 Å². The fourth-order valence-electron chi connectivity index (χ4n) is 9.46. The maximum absolute atomic E-state index is 13.8. The van der Waals surface area contributed by atoms with Crippen molar-refractivity contribution >= 4 is 54.0 Å². The lowest BCUT2D eigenvalue weighted by atomic mass is 9.90. The lowest BCUT2D eigenvalue weighted by Crippen LogP contribution is -2.54. The molecule has 0 bridgehead atoms. The number of hydrogen-bond donors (Lipinski definition) is 4. The largest absolute Gasteiger partial charge is 0.386 e. The number of unbranched alkanes of at least 4 members (excludes halogenated alkanes) is 2. The molecule has 10 atom stereocenters. The Hall–Kier alpha value is -4.06. The Morgan fingerprint density at radius 3 is 2.06 bits per heavy atom. The van der Waals surface area contributed by atoms with E-state index in [4.69, 9.17) is 15.2 Å². The van der Waals surface area contributed by atoms with Gasteiger partial charge >= 0.3 is 0 Å². The monoisotopic (exact) mass is 991 g/mol. The molecule has 0 aromatic carbocycles. The molecule has 0 spiro atoms. The van der Waals surface area contributed by atoms with E-state index < -0.39 is 47.0 Å². The molecule has 4 N–H and O–H groups in total. The Morgan fingerprint density at radius 2 is 1.58 bits per heavy atom. The molecule has 2 aliphatic heterocycles. The number of allylic oxidation sites excluding steroid dienone is 2. The lowest BCUT2D eigenvalue weighted by molar-refractivity contribution is -0.146. The van der Waals surface area contributed by atoms with Gasteiger partial charge in [0.05, 0.1) is 54.7 Å². The smallest absolute Gasteiger partial charge is 0.240 e. The highest BCUT2D eigenvalue weighted by molar-refractivity contribution is 7.81. The summed E-state index contributed by atoms with van der Waals surface area (Å²) in [7, 11) is 6.56. The molecule has 2 fully saturated rings.